The Morgan fingerprint density at radius 3 is 2.65 bits per heavy atom. The predicted octanol–water partition coefficient (Wildman–Crippen LogP) is 4.60. The van der Waals surface area contributed by atoms with Gasteiger partial charge in [-0.15, -0.1) is 11.3 Å². The number of aliphatic hydroxyl groups excluding tert-OH is 1. The number of halogens is 1. The molecule has 3 aromatic rings. The third-order valence-electron chi connectivity index (χ3n) is 5.19. The number of rotatable bonds is 8. The number of carbonyl (C=O) groups is 2. The Morgan fingerprint density at radius 2 is 1.97 bits per heavy atom. The van der Waals surface area contributed by atoms with Gasteiger partial charge in [0.15, 0.2) is 0 Å². The summed E-state index contributed by atoms with van der Waals surface area (Å²) in [4.78, 5) is 30.3. The van der Waals surface area contributed by atoms with Crippen molar-refractivity contribution in [3.05, 3.63) is 76.3 Å². The summed E-state index contributed by atoms with van der Waals surface area (Å²) in [7, 11) is 0. The van der Waals surface area contributed by atoms with Crippen LogP contribution in [0.25, 0.3) is 10.2 Å². The van der Waals surface area contributed by atoms with Crippen molar-refractivity contribution in [3.63, 3.8) is 0 Å². The van der Waals surface area contributed by atoms with Crippen LogP contribution in [0.1, 0.15) is 35.6 Å². The lowest BCUT2D eigenvalue weighted by Gasteiger charge is -2.33. The Hall–Kier alpha value is -2.74. The molecule has 1 fully saturated rings. The molecule has 160 valence electrons. The Bertz CT molecular complexity index is 1110. The first-order valence-corrected chi connectivity index (χ1v) is 11.1. The molecule has 1 aliphatic rings. The van der Waals surface area contributed by atoms with Crippen molar-refractivity contribution in [2.24, 2.45) is 5.92 Å². The summed E-state index contributed by atoms with van der Waals surface area (Å²) >= 11 is 7.56. The molecule has 31 heavy (non-hydrogen) atoms. The Balaban J connectivity index is 1.80. The molecule has 1 aliphatic carbocycles. The minimum Gasteiger partial charge on any atom is -0.478 e. The molecular formula is C23H21ClN2O4S. The van der Waals surface area contributed by atoms with Crippen LogP contribution in [0.3, 0.4) is 0 Å². The highest BCUT2D eigenvalue weighted by atomic mass is 35.5. The summed E-state index contributed by atoms with van der Waals surface area (Å²) < 4.78 is 0.945. The van der Waals surface area contributed by atoms with Crippen LogP contribution in [0.4, 0.5) is 0 Å². The summed E-state index contributed by atoms with van der Waals surface area (Å²) in [5.74, 6) is -1.35. The van der Waals surface area contributed by atoms with Gasteiger partial charge in [-0.25, -0.2) is 9.78 Å². The van der Waals surface area contributed by atoms with E-state index < -0.39 is 24.0 Å². The molecule has 0 bridgehead atoms. The van der Waals surface area contributed by atoms with Gasteiger partial charge in [0.05, 0.1) is 10.2 Å². The van der Waals surface area contributed by atoms with Crippen LogP contribution < -0.4 is 0 Å². The summed E-state index contributed by atoms with van der Waals surface area (Å²) in [6.07, 6.45) is 2.76. The quantitative estimate of drug-likeness (QED) is 0.483. The van der Waals surface area contributed by atoms with Gasteiger partial charge in [-0.1, -0.05) is 35.9 Å². The number of fused-ring (bicyclic) bond motifs is 1. The maximum absolute atomic E-state index is 13.1. The Kier molecular flexibility index (Phi) is 6.36. The molecule has 8 heteroatoms. The number of benzene rings is 2. The molecule has 4 rings (SSSR count). The molecular weight excluding hydrogens is 436 g/mol. The second-order valence-electron chi connectivity index (χ2n) is 7.57. The fourth-order valence-electron chi connectivity index (χ4n) is 3.49. The molecule has 6 nitrogen and oxygen atoms in total. The van der Waals surface area contributed by atoms with Crippen LogP contribution in [0.2, 0.25) is 5.02 Å². The van der Waals surface area contributed by atoms with Crippen molar-refractivity contribution < 1.29 is 19.8 Å². The number of hydrogen-bond acceptors (Lipinski definition) is 5. The van der Waals surface area contributed by atoms with E-state index in [1.165, 1.54) is 11.3 Å². The summed E-state index contributed by atoms with van der Waals surface area (Å²) in [5.41, 5.74) is 1.35. The molecule has 1 aromatic heterocycles. The summed E-state index contributed by atoms with van der Waals surface area (Å²) in [5, 5.41) is 21.4. The number of nitrogens with zero attached hydrogens (tertiary/aromatic N) is 2. The third kappa shape index (κ3) is 5.12. The smallest absolute Gasteiger partial charge is 0.328 e. The van der Waals surface area contributed by atoms with Crippen LogP contribution in [0.15, 0.2) is 60.7 Å². The van der Waals surface area contributed by atoms with E-state index in [2.05, 4.69) is 0 Å². The lowest BCUT2D eigenvalue weighted by Crippen LogP contribution is -2.38. The van der Waals surface area contributed by atoms with Crippen molar-refractivity contribution in [2.75, 3.05) is 6.54 Å². The first kappa shape index (κ1) is 21.5. The minimum atomic E-state index is -1.20. The number of aliphatic hydroxyl groups is 1. The summed E-state index contributed by atoms with van der Waals surface area (Å²) in [6, 6.07) is 13.7. The molecule has 2 aromatic carbocycles. The zero-order valence-electron chi connectivity index (χ0n) is 16.5. The van der Waals surface area contributed by atoms with Gasteiger partial charge in [-0.3, -0.25) is 4.79 Å². The summed E-state index contributed by atoms with van der Waals surface area (Å²) in [6.45, 7) is 0.418. The second-order valence-corrected chi connectivity index (χ2v) is 9.07. The average Bonchev–Trinajstić information content (AvgIpc) is 3.47. The molecule has 1 amide bonds. The van der Waals surface area contributed by atoms with Gasteiger partial charge in [0.25, 0.3) is 0 Å². The molecule has 1 heterocycles. The van der Waals surface area contributed by atoms with E-state index in [0.29, 0.717) is 28.1 Å². The van der Waals surface area contributed by atoms with Gasteiger partial charge < -0.3 is 15.1 Å². The van der Waals surface area contributed by atoms with Gasteiger partial charge in [-0.2, -0.15) is 0 Å². The normalized spacial score (nSPS) is 15.8. The van der Waals surface area contributed by atoms with Crippen molar-refractivity contribution in [2.45, 2.75) is 25.0 Å². The first-order chi connectivity index (χ1) is 14.9. The fraction of sp³-hybridized carbons (Fsp3) is 0.261. The van der Waals surface area contributed by atoms with Crippen LogP contribution >= 0.6 is 22.9 Å². The number of carbonyl (C=O) groups excluding carboxylic acids is 1. The Morgan fingerprint density at radius 1 is 1.19 bits per heavy atom. The second kappa shape index (κ2) is 9.18. The number of amides is 1. The van der Waals surface area contributed by atoms with Crippen LogP contribution in [-0.2, 0) is 9.59 Å². The van der Waals surface area contributed by atoms with E-state index in [-0.39, 0.29) is 0 Å². The number of thiazole rings is 1. The van der Waals surface area contributed by atoms with E-state index in [4.69, 9.17) is 21.7 Å². The van der Waals surface area contributed by atoms with Gasteiger partial charge in [-0.05, 0) is 48.6 Å². The van der Waals surface area contributed by atoms with Gasteiger partial charge in [0.1, 0.15) is 17.2 Å². The Labute approximate surface area is 188 Å². The lowest BCUT2D eigenvalue weighted by molar-refractivity contribution is -0.134. The maximum Gasteiger partial charge on any atom is 0.328 e. The highest BCUT2D eigenvalue weighted by Gasteiger charge is 2.37. The molecule has 0 saturated heterocycles. The van der Waals surface area contributed by atoms with E-state index in [1.54, 1.807) is 29.2 Å². The van der Waals surface area contributed by atoms with Crippen molar-refractivity contribution in [3.8, 4) is 0 Å². The highest BCUT2D eigenvalue weighted by Crippen LogP contribution is 2.41. The van der Waals surface area contributed by atoms with Crippen LogP contribution in [-0.4, -0.2) is 38.5 Å². The van der Waals surface area contributed by atoms with E-state index in [1.807, 2.05) is 24.3 Å². The van der Waals surface area contributed by atoms with Gasteiger partial charge in [0, 0.05) is 23.7 Å². The molecule has 1 saturated carbocycles. The van der Waals surface area contributed by atoms with Crippen LogP contribution in [0.5, 0.6) is 0 Å². The van der Waals surface area contributed by atoms with E-state index in [9.17, 15) is 14.7 Å². The molecule has 2 atom stereocenters. The number of aromatic nitrogens is 1. The number of hydrogen-bond donors (Lipinski definition) is 2. The lowest BCUT2D eigenvalue weighted by atomic mass is 10.0. The standard InChI is InChI=1S/C23H21ClN2O4S/c24-16-5-3-4-15(12-16)22(30)21(23-25-17-6-1-2-7-18(17)31-23)26(13-14-8-9-14)19(27)10-11-20(28)29/h1-7,10-12,14,21-22,30H,8-9,13H2,(H,28,29)/t21-,22-/m0/s1. The zero-order chi connectivity index (χ0) is 22.0. The highest BCUT2D eigenvalue weighted by molar-refractivity contribution is 7.18. The van der Waals surface area contributed by atoms with E-state index >= 15 is 0 Å². The molecule has 0 aliphatic heterocycles. The number of para-hydroxylation sites is 1. The molecule has 2 N–H and O–H groups in total. The molecule has 0 unspecified atom stereocenters. The average molecular weight is 457 g/mol. The largest absolute Gasteiger partial charge is 0.478 e. The number of carboxylic acids is 1. The van der Waals surface area contributed by atoms with Gasteiger partial charge in [0.2, 0.25) is 5.91 Å². The van der Waals surface area contributed by atoms with Crippen molar-refractivity contribution in [1.82, 2.24) is 9.88 Å². The van der Waals surface area contributed by atoms with Crippen LogP contribution in [0, 0.1) is 5.92 Å². The monoisotopic (exact) mass is 456 g/mol. The first-order valence-electron chi connectivity index (χ1n) is 9.93. The van der Waals surface area contributed by atoms with E-state index in [0.717, 1.165) is 35.2 Å². The zero-order valence-corrected chi connectivity index (χ0v) is 18.1. The number of carboxylic acid groups (broad SMARTS) is 1. The minimum absolute atomic E-state index is 0.325. The topological polar surface area (TPSA) is 90.7 Å². The SMILES string of the molecule is O=C(O)C=CC(=O)N(CC1CC1)[C@H](c1nc2ccccc2s1)[C@@H](O)c1cccc(Cl)c1. The van der Waals surface area contributed by atoms with Crippen molar-refractivity contribution in [1.29, 1.82) is 0 Å². The van der Waals surface area contributed by atoms with Gasteiger partial charge >= 0.3 is 5.97 Å². The third-order valence-corrected chi connectivity index (χ3v) is 6.53. The molecule has 0 spiro atoms. The maximum atomic E-state index is 13.1. The fourth-order valence-corrected chi connectivity index (χ4v) is 4.80. The van der Waals surface area contributed by atoms with Crippen molar-refractivity contribution >= 4 is 45.0 Å². The number of aliphatic carboxylic acids is 1. The predicted molar refractivity (Wildman–Crippen MR) is 120 cm³/mol. The molecule has 0 radical (unpaired) electrons.